The molecular formula is C25H28N6O3. The van der Waals surface area contributed by atoms with Gasteiger partial charge in [-0.05, 0) is 52.0 Å². The summed E-state index contributed by atoms with van der Waals surface area (Å²) in [6.07, 6.45) is 3.42. The molecule has 0 aliphatic rings. The maximum atomic E-state index is 12.1. The van der Waals surface area contributed by atoms with E-state index in [9.17, 15) is 4.79 Å². The number of nitrogens with zero attached hydrogens (tertiary/aromatic N) is 3. The molecule has 0 aliphatic carbocycles. The molecule has 3 N–H and O–H groups in total. The third-order valence-electron chi connectivity index (χ3n) is 4.72. The molecule has 0 saturated heterocycles. The van der Waals surface area contributed by atoms with Gasteiger partial charge >= 0.3 is 0 Å². The minimum atomic E-state index is -0.319. The van der Waals surface area contributed by atoms with Crippen LogP contribution in [-0.4, -0.2) is 44.8 Å². The number of hydrogen-bond acceptors (Lipinski definition) is 7. The van der Waals surface area contributed by atoms with Crippen LogP contribution in [0, 0.1) is 0 Å². The van der Waals surface area contributed by atoms with E-state index in [0.29, 0.717) is 29.7 Å². The Morgan fingerprint density at radius 1 is 1.09 bits per heavy atom. The van der Waals surface area contributed by atoms with Crippen molar-refractivity contribution in [3.8, 4) is 22.9 Å². The van der Waals surface area contributed by atoms with Gasteiger partial charge in [0, 0.05) is 17.3 Å². The summed E-state index contributed by atoms with van der Waals surface area (Å²) >= 11 is 0. The highest BCUT2D eigenvalue weighted by molar-refractivity contribution is 5.97. The lowest BCUT2D eigenvalue weighted by molar-refractivity contribution is -0.124. The molecule has 0 radical (unpaired) electrons. The summed E-state index contributed by atoms with van der Waals surface area (Å²) in [5.41, 5.74) is 1.93. The van der Waals surface area contributed by atoms with Crippen LogP contribution in [0.1, 0.15) is 27.7 Å². The number of benzene rings is 2. The van der Waals surface area contributed by atoms with Crippen LogP contribution in [0.4, 0.5) is 11.5 Å². The number of hydrogen-bond donors (Lipinski definition) is 3. The summed E-state index contributed by atoms with van der Waals surface area (Å²) in [6.45, 7) is 8.15. The van der Waals surface area contributed by atoms with Crippen molar-refractivity contribution in [3.05, 3.63) is 54.9 Å². The number of ether oxygens (including phenoxy) is 2. The van der Waals surface area contributed by atoms with Gasteiger partial charge < -0.3 is 20.1 Å². The zero-order chi connectivity index (χ0) is 24.1. The van der Waals surface area contributed by atoms with Crippen molar-refractivity contribution in [1.29, 1.82) is 0 Å². The molecule has 9 nitrogen and oxygen atoms in total. The monoisotopic (exact) mass is 460 g/mol. The van der Waals surface area contributed by atoms with E-state index in [1.165, 1.54) is 0 Å². The van der Waals surface area contributed by atoms with Crippen LogP contribution in [0.15, 0.2) is 54.9 Å². The number of anilines is 2. The molecule has 0 atom stereocenters. The molecule has 0 aliphatic heterocycles. The Morgan fingerprint density at radius 2 is 1.91 bits per heavy atom. The Balaban J connectivity index is 1.68. The van der Waals surface area contributed by atoms with E-state index in [1.54, 1.807) is 18.5 Å². The second-order valence-corrected chi connectivity index (χ2v) is 8.71. The minimum absolute atomic E-state index is 0.0791. The van der Waals surface area contributed by atoms with Crippen molar-refractivity contribution in [3.63, 3.8) is 0 Å². The molecular weight excluding hydrogens is 432 g/mol. The summed E-state index contributed by atoms with van der Waals surface area (Å²) in [5, 5.41) is 13.8. The largest absolute Gasteiger partial charge is 0.493 e. The molecule has 0 bridgehead atoms. The fourth-order valence-corrected chi connectivity index (χ4v) is 3.43. The molecule has 4 rings (SSSR count). The van der Waals surface area contributed by atoms with Gasteiger partial charge in [-0.3, -0.25) is 9.89 Å². The number of H-pyrrole nitrogens is 1. The van der Waals surface area contributed by atoms with Gasteiger partial charge in [0.1, 0.15) is 17.3 Å². The molecule has 0 fully saturated rings. The Kier molecular flexibility index (Phi) is 6.62. The first kappa shape index (κ1) is 23.0. The summed E-state index contributed by atoms with van der Waals surface area (Å²) < 4.78 is 11.5. The van der Waals surface area contributed by atoms with Crippen LogP contribution in [0.2, 0.25) is 0 Å². The summed E-state index contributed by atoms with van der Waals surface area (Å²) in [6, 6.07) is 13.1. The van der Waals surface area contributed by atoms with Crippen LogP contribution in [-0.2, 0) is 4.79 Å². The molecule has 2 heterocycles. The van der Waals surface area contributed by atoms with E-state index in [1.807, 2.05) is 64.1 Å². The molecule has 0 unspecified atom stereocenters. The van der Waals surface area contributed by atoms with E-state index in [2.05, 4.69) is 20.8 Å². The molecule has 4 aromatic rings. The third kappa shape index (κ3) is 5.61. The molecule has 0 saturated carbocycles. The first-order chi connectivity index (χ1) is 16.3. The average Bonchev–Trinajstić information content (AvgIpc) is 3.30. The highest BCUT2D eigenvalue weighted by Crippen LogP contribution is 2.34. The maximum Gasteiger partial charge on any atom is 0.258 e. The van der Waals surface area contributed by atoms with Gasteiger partial charge in [-0.1, -0.05) is 18.2 Å². The second-order valence-electron chi connectivity index (χ2n) is 8.71. The predicted octanol–water partition coefficient (Wildman–Crippen LogP) is 4.46. The van der Waals surface area contributed by atoms with Gasteiger partial charge in [0.25, 0.3) is 5.91 Å². The first-order valence-corrected chi connectivity index (χ1v) is 11.1. The standard InChI is InChI=1S/C25H28N6O3/c1-5-33-20-11-7-10-19-22(20)24(28-17-13-26-27-14-17)30-23(29-19)16-8-6-9-18(12-16)34-15-21(32)31-25(2,3)4/h6-14H,5,15H2,1-4H3,(H,26,27)(H,31,32)(H,28,29,30). The fourth-order valence-electron chi connectivity index (χ4n) is 3.43. The van der Waals surface area contributed by atoms with E-state index in [-0.39, 0.29) is 18.1 Å². The van der Waals surface area contributed by atoms with Crippen LogP contribution >= 0.6 is 0 Å². The van der Waals surface area contributed by atoms with Gasteiger partial charge in [0.2, 0.25) is 0 Å². The zero-order valence-electron chi connectivity index (χ0n) is 19.7. The maximum absolute atomic E-state index is 12.1. The number of fused-ring (bicyclic) bond motifs is 1. The Hall–Kier alpha value is -4.14. The number of amides is 1. The number of aromatic nitrogens is 4. The van der Waals surface area contributed by atoms with Crippen molar-refractivity contribution >= 4 is 28.3 Å². The Bertz CT molecular complexity index is 1280. The topological polar surface area (TPSA) is 114 Å². The second kappa shape index (κ2) is 9.78. The Morgan fingerprint density at radius 3 is 2.65 bits per heavy atom. The molecule has 1 amide bonds. The molecule has 9 heteroatoms. The summed E-state index contributed by atoms with van der Waals surface area (Å²) in [7, 11) is 0. The fraction of sp³-hybridized carbons (Fsp3) is 0.280. The van der Waals surface area contributed by atoms with Gasteiger partial charge in [-0.2, -0.15) is 5.10 Å². The lowest BCUT2D eigenvalue weighted by Crippen LogP contribution is -2.43. The minimum Gasteiger partial charge on any atom is -0.493 e. The summed E-state index contributed by atoms with van der Waals surface area (Å²) in [5.74, 6) is 2.17. The van der Waals surface area contributed by atoms with E-state index < -0.39 is 0 Å². The average molecular weight is 461 g/mol. The normalized spacial score (nSPS) is 11.3. The molecule has 176 valence electrons. The Labute approximate surface area is 197 Å². The lowest BCUT2D eigenvalue weighted by atomic mass is 10.1. The number of carbonyl (C=O) groups is 1. The number of nitrogens with one attached hydrogen (secondary N) is 3. The summed E-state index contributed by atoms with van der Waals surface area (Å²) in [4.78, 5) is 21.7. The van der Waals surface area contributed by atoms with Gasteiger partial charge in [0.05, 0.1) is 29.4 Å². The third-order valence-corrected chi connectivity index (χ3v) is 4.72. The van der Waals surface area contributed by atoms with Crippen LogP contribution in [0.3, 0.4) is 0 Å². The first-order valence-electron chi connectivity index (χ1n) is 11.1. The number of rotatable bonds is 8. The lowest BCUT2D eigenvalue weighted by Gasteiger charge is -2.20. The smallest absolute Gasteiger partial charge is 0.258 e. The van der Waals surface area contributed by atoms with Crippen molar-refractivity contribution in [2.75, 3.05) is 18.5 Å². The SMILES string of the molecule is CCOc1cccc2nc(-c3cccc(OCC(=O)NC(C)(C)C)c3)nc(Nc3cn[nH]c3)c12. The van der Waals surface area contributed by atoms with Crippen LogP contribution in [0.25, 0.3) is 22.3 Å². The van der Waals surface area contributed by atoms with Crippen molar-refractivity contribution in [1.82, 2.24) is 25.5 Å². The molecule has 34 heavy (non-hydrogen) atoms. The zero-order valence-corrected chi connectivity index (χ0v) is 19.7. The van der Waals surface area contributed by atoms with E-state index in [4.69, 9.17) is 19.4 Å². The molecule has 0 spiro atoms. The van der Waals surface area contributed by atoms with Crippen LogP contribution < -0.4 is 20.1 Å². The van der Waals surface area contributed by atoms with Gasteiger partial charge in [-0.25, -0.2) is 9.97 Å². The highest BCUT2D eigenvalue weighted by Gasteiger charge is 2.16. The molecule has 2 aromatic carbocycles. The van der Waals surface area contributed by atoms with Crippen molar-refractivity contribution < 1.29 is 14.3 Å². The van der Waals surface area contributed by atoms with Crippen molar-refractivity contribution in [2.24, 2.45) is 0 Å². The highest BCUT2D eigenvalue weighted by atomic mass is 16.5. The van der Waals surface area contributed by atoms with Gasteiger partial charge in [-0.15, -0.1) is 0 Å². The van der Waals surface area contributed by atoms with Crippen LogP contribution in [0.5, 0.6) is 11.5 Å². The number of carbonyl (C=O) groups excluding carboxylic acids is 1. The number of aromatic amines is 1. The quantitative estimate of drug-likeness (QED) is 0.356. The predicted molar refractivity (Wildman–Crippen MR) is 131 cm³/mol. The molecule has 2 aromatic heterocycles. The van der Waals surface area contributed by atoms with E-state index >= 15 is 0 Å². The van der Waals surface area contributed by atoms with E-state index in [0.717, 1.165) is 22.2 Å². The van der Waals surface area contributed by atoms with Crippen molar-refractivity contribution in [2.45, 2.75) is 33.2 Å². The van der Waals surface area contributed by atoms with Gasteiger partial charge in [0.15, 0.2) is 12.4 Å².